The van der Waals surface area contributed by atoms with Gasteiger partial charge in [0.2, 0.25) is 0 Å². The van der Waals surface area contributed by atoms with Gasteiger partial charge in [0.05, 0.1) is 11.1 Å². The standard InChI is InChI=1S/C14H11BrClF2N/c1-19-14(8-2-4-13(18)11(16)6-8)10-7-9(15)3-5-12(10)17/h2-7,14,19H,1H3. The van der Waals surface area contributed by atoms with E-state index in [0.29, 0.717) is 11.1 Å². The largest absolute Gasteiger partial charge is 0.309 e. The zero-order chi connectivity index (χ0) is 14.0. The van der Waals surface area contributed by atoms with Crippen molar-refractivity contribution >= 4 is 27.5 Å². The van der Waals surface area contributed by atoms with Gasteiger partial charge in [-0.25, -0.2) is 8.78 Å². The minimum absolute atomic E-state index is 0.0214. The average molecular weight is 347 g/mol. The van der Waals surface area contributed by atoms with Gasteiger partial charge in [-0.15, -0.1) is 0 Å². The Morgan fingerprint density at radius 3 is 2.42 bits per heavy atom. The van der Waals surface area contributed by atoms with Crippen LogP contribution < -0.4 is 5.32 Å². The Labute approximate surface area is 123 Å². The van der Waals surface area contributed by atoms with Crippen LogP contribution in [0.15, 0.2) is 40.9 Å². The van der Waals surface area contributed by atoms with Crippen molar-refractivity contribution in [1.82, 2.24) is 5.32 Å². The van der Waals surface area contributed by atoms with Crippen LogP contribution in [0.25, 0.3) is 0 Å². The molecule has 0 radical (unpaired) electrons. The maximum absolute atomic E-state index is 13.9. The molecule has 0 aliphatic carbocycles. The molecule has 2 rings (SSSR count). The first-order valence-electron chi connectivity index (χ1n) is 5.60. The Morgan fingerprint density at radius 2 is 1.79 bits per heavy atom. The molecule has 1 N–H and O–H groups in total. The van der Waals surface area contributed by atoms with Crippen LogP contribution in [-0.2, 0) is 0 Å². The lowest BCUT2D eigenvalue weighted by Gasteiger charge is -2.18. The molecule has 2 aromatic carbocycles. The second-order valence-electron chi connectivity index (χ2n) is 4.06. The molecule has 0 saturated carbocycles. The highest BCUT2D eigenvalue weighted by atomic mass is 79.9. The summed E-state index contributed by atoms with van der Waals surface area (Å²) in [5.74, 6) is -0.821. The molecular formula is C14H11BrClF2N. The molecule has 0 saturated heterocycles. The minimum atomic E-state index is -0.491. The van der Waals surface area contributed by atoms with Crippen molar-refractivity contribution in [2.45, 2.75) is 6.04 Å². The third kappa shape index (κ3) is 3.14. The summed E-state index contributed by atoms with van der Waals surface area (Å²) in [6.45, 7) is 0. The lowest BCUT2D eigenvalue weighted by atomic mass is 9.98. The first kappa shape index (κ1) is 14.4. The lowest BCUT2D eigenvalue weighted by molar-refractivity contribution is 0.574. The molecule has 0 spiro atoms. The highest BCUT2D eigenvalue weighted by Gasteiger charge is 2.17. The molecule has 0 bridgehead atoms. The van der Waals surface area contributed by atoms with Crippen LogP contribution in [0.5, 0.6) is 0 Å². The fourth-order valence-electron chi connectivity index (χ4n) is 1.93. The molecule has 0 aliphatic heterocycles. The van der Waals surface area contributed by atoms with Crippen molar-refractivity contribution in [3.63, 3.8) is 0 Å². The van der Waals surface area contributed by atoms with Gasteiger partial charge >= 0.3 is 0 Å². The van der Waals surface area contributed by atoms with Gasteiger partial charge < -0.3 is 5.32 Å². The van der Waals surface area contributed by atoms with Crippen molar-refractivity contribution in [2.75, 3.05) is 7.05 Å². The summed E-state index contributed by atoms with van der Waals surface area (Å²) in [7, 11) is 1.71. The van der Waals surface area contributed by atoms with Crippen LogP contribution >= 0.6 is 27.5 Å². The van der Waals surface area contributed by atoms with E-state index in [2.05, 4.69) is 21.2 Å². The molecule has 1 unspecified atom stereocenters. The quantitative estimate of drug-likeness (QED) is 0.850. The molecule has 2 aromatic rings. The molecule has 19 heavy (non-hydrogen) atoms. The van der Waals surface area contributed by atoms with E-state index in [1.165, 1.54) is 18.2 Å². The van der Waals surface area contributed by atoms with E-state index in [9.17, 15) is 8.78 Å². The fourth-order valence-corrected chi connectivity index (χ4v) is 2.50. The van der Waals surface area contributed by atoms with E-state index in [1.54, 1.807) is 25.2 Å². The first-order valence-corrected chi connectivity index (χ1v) is 6.77. The number of benzene rings is 2. The van der Waals surface area contributed by atoms with Crippen molar-refractivity contribution in [3.8, 4) is 0 Å². The second kappa shape index (κ2) is 5.99. The topological polar surface area (TPSA) is 12.0 Å². The average Bonchev–Trinajstić information content (AvgIpc) is 2.38. The third-order valence-electron chi connectivity index (χ3n) is 2.83. The van der Waals surface area contributed by atoms with Gasteiger partial charge in [-0.3, -0.25) is 0 Å². The Bertz CT molecular complexity index is 604. The lowest BCUT2D eigenvalue weighted by Crippen LogP contribution is -2.19. The van der Waals surface area contributed by atoms with Crippen LogP contribution in [0.2, 0.25) is 5.02 Å². The van der Waals surface area contributed by atoms with Gasteiger partial charge in [0.15, 0.2) is 0 Å². The van der Waals surface area contributed by atoms with Crippen LogP contribution in [0.1, 0.15) is 17.2 Å². The highest BCUT2D eigenvalue weighted by Crippen LogP contribution is 2.29. The summed E-state index contributed by atoms with van der Waals surface area (Å²) in [5.41, 5.74) is 1.17. The van der Waals surface area contributed by atoms with Crippen LogP contribution in [0.3, 0.4) is 0 Å². The molecule has 1 atom stereocenters. The normalized spacial score (nSPS) is 12.5. The molecule has 0 aromatic heterocycles. The molecule has 0 heterocycles. The van der Waals surface area contributed by atoms with E-state index in [-0.39, 0.29) is 10.8 Å². The molecule has 0 fully saturated rings. The monoisotopic (exact) mass is 345 g/mol. The molecule has 1 nitrogen and oxygen atoms in total. The predicted molar refractivity (Wildman–Crippen MR) is 76.4 cm³/mol. The van der Waals surface area contributed by atoms with Crippen LogP contribution in [-0.4, -0.2) is 7.05 Å². The smallest absolute Gasteiger partial charge is 0.141 e. The van der Waals surface area contributed by atoms with E-state index < -0.39 is 11.9 Å². The third-order valence-corrected chi connectivity index (χ3v) is 3.62. The molecular weight excluding hydrogens is 336 g/mol. The molecule has 5 heteroatoms. The number of rotatable bonds is 3. The molecule has 0 aliphatic rings. The maximum Gasteiger partial charge on any atom is 0.141 e. The number of hydrogen-bond donors (Lipinski definition) is 1. The SMILES string of the molecule is CNC(c1ccc(F)c(Cl)c1)c1cc(Br)ccc1F. The Balaban J connectivity index is 2.49. The van der Waals surface area contributed by atoms with Crippen molar-refractivity contribution in [2.24, 2.45) is 0 Å². The summed E-state index contributed by atoms with van der Waals surface area (Å²) in [6.07, 6.45) is 0. The maximum atomic E-state index is 13.9. The highest BCUT2D eigenvalue weighted by molar-refractivity contribution is 9.10. The Morgan fingerprint density at radius 1 is 1.11 bits per heavy atom. The second-order valence-corrected chi connectivity index (χ2v) is 5.38. The van der Waals surface area contributed by atoms with Gasteiger partial charge in [-0.2, -0.15) is 0 Å². The Kier molecular flexibility index (Phi) is 4.55. The summed E-state index contributed by atoms with van der Waals surface area (Å²) < 4.78 is 27.9. The van der Waals surface area contributed by atoms with Crippen molar-refractivity contribution in [3.05, 3.63) is 68.7 Å². The van der Waals surface area contributed by atoms with Gasteiger partial charge in [0.1, 0.15) is 11.6 Å². The Hall–Kier alpha value is -0.970. The van der Waals surface area contributed by atoms with Crippen molar-refractivity contribution < 1.29 is 8.78 Å². The fraction of sp³-hybridized carbons (Fsp3) is 0.143. The summed E-state index contributed by atoms with van der Waals surface area (Å²) in [5, 5.41) is 3.03. The van der Waals surface area contributed by atoms with Gasteiger partial charge in [0, 0.05) is 10.0 Å². The minimum Gasteiger partial charge on any atom is -0.309 e. The zero-order valence-electron chi connectivity index (χ0n) is 10.1. The first-order chi connectivity index (χ1) is 9.02. The van der Waals surface area contributed by atoms with Gasteiger partial charge in [-0.05, 0) is 42.9 Å². The van der Waals surface area contributed by atoms with Crippen LogP contribution in [0, 0.1) is 11.6 Å². The molecule has 0 amide bonds. The summed E-state index contributed by atoms with van der Waals surface area (Å²) >= 11 is 9.08. The number of halogens is 4. The summed E-state index contributed by atoms with van der Waals surface area (Å²) in [4.78, 5) is 0. The van der Waals surface area contributed by atoms with E-state index in [0.717, 1.165) is 4.47 Å². The van der Waals surface area contributed by atoms with Gasteiger partial charge in [0.25, 0.3) is 0 Å². The van der Waals surface area contributed by atoms with E-state index >= 15 is 0 Å². The van der Waals surface area contributed by atoms with Crippen molar-refractivity contribution in [1.29, 1.82) is 0 Å². The number of nitrogens with one attached hydrogen (secondary N) is 1. The zero-order valence-corrected chi connectivity index (χ0v) is 12.4. The molecule has 100 valence electrons. The number of hydrogen-bond acceptors (Lipinski definition) is 1. The van der Waals surface area contributed by atoms with E-state index in [1.807, 2.05) is 0 Å². The van der Waals surface area contributed by atoms with E-state index in [4.69, 9.17) is 11.6 Å². The van der Waals surface area contributed by atoms with Gasteiger partial charge in [-0.1, -0.05) is 33.6 Å². The predicted octanol–water partition coefficient (Wildman–Crippen LogP) is 4.69. The van der Waals surface area contributed by atoms with Crippen LogP contribution in [0.4, 0.5) is 8.78 Å². The summed E-state index contributed by atoms with van der Waals surface area (Å²) in [6, 6.07) is 8.67.